The number of carbonyl (C=O) groups excluding carboxylic acids is 1. The molecule has 1 saturated heterocycles. The van der Waals surface area contributed by atoms with E-state index in [2.05, 4.69) is 10.6 Å². The molecular formula is C11H22N2O2. The molecule has 4 nitrogen and oxygen atoms in total. The van der Waals surface area contributed by atoms with Gasteiger partial charge in [0.1, 0.15) is 0 Å². The fraction of sp³-hybridized carbons (Fsp3) is 0.909. The second-order valence-corrected chi connectivity index (χ2v) is 4.89. The van der Waals surface area contributed by atoms with Gasteiger partial charge in [0.2, 0.25) is 5.91 Å². The maximum Gasteiger partial charge on any atom is 0.237 e. The van der Waals surface area contributed by atoms with Gasteiger partial charge in [-0.2, -0.15) is 0 Å². The van der Waals surface area contributed by atoms with Crippen molar-refractivity contribution < 1.29 is 9.90 Å². The minimum atomic E-state index is -0.523. The highest BCUT2D eigenvalue weighted by atomic mass is 16.3. The monoisotopic (exact) mass is 214 g/mol. The number of aliphatic hydroxyl groups is 1. The third kappa shape index (κ3) is 4.18. The van der Waals surface area contributed by atoms with Gasteiger partial charge in [0.15, 0.2) is 0 Å². The van der Waals surface area contributed by atoms with Crippen molar-refractivity contribution in [1.29, 1.82) is 0 Å². The molecule has 4 heteroatoms. The molecule has 0 aliphatic carbocycles. The molecule has 15 heavy (non-hydrogen) atoms. The lowest BCUT2D eigenvalue weighted by Gasteiger charge is -2.26. The first-order chi connectivity index (χ1) is 7.05. The van der Waals surface area contributed by atoms with Gasteiger partial charge in [-0.05, 0) is 33.2 Å². The molecule has 1 aliphatic rings. The van der Waals surface area contributed by atoms with Crippen LogP contribution in [-0.2, 0) is 4.79 Å². The minimum absolute atomic E-state index is 0.0101. The Balaban J connectivity index is 2.44. The number of nitrogens with one attached hydrogen (secondary N) is 2. The van der Waals surface area contributed by atoms with Gasteiger partial charge < -0.3 is 15.7 Å². The molecule has 1 amide bonds. The zero-order valence-electron chi connectivity index (χ0n) is 9.68. The van der Waals surface area contributed by atoms with Crippen LogP contribution < -0.4 is 10.6 Å². The Kier molecular flexibility index (Phi) is 4.54. The Labute approximate surface area is 91.4 Å². The van der Waals surface area contributed by atoms with E-state index in [-0.39, 0.29) is 18.6 Å². The number of aliphatic hydroxyl groups excluding tert-OH is 1. The van der Waals surface area contributed by atoms with Gasteiger partial charge in [0, 0.05) is 0 Å². The molecular weight excluding hydrogens is 192 g/mol. The third-order valence-corrected chi connectivity index (χ3v) is 2.73. The third-order valence-electron chi connectivity index (χ3n) is 2.73. The number of hydrogen-bond acceptors (Lipinski definition) is 3. The Morgan fingerprint density at radius 3 is 2.87 bits per heavy atom. The Morgan fingerprint density at radius 1 is 1.47 bits per heavy atom. The molecule has 0 aromatic rings. The van der Waals surface area contributed by atoms with Gasteiger partial charge >= 0.3 is 0 Å². The van der Waals surface area contributed by atoms with Crippen molar-refractivity contribution >= 4 is 5.91 Å². The highest BCUT2D eigenvalue weighted by molar-refractivity contribution is 5.82. The summed E-state index contributed by atoms with van der Waals surface area (Å²) in [6.07, 6.45) is 4.34. The molecule has 0 aromatic heterocycles. The fourth-order valence-corrected chi connectivity index (χ4v) is 1.71. The van der Waals surface area contributed by atoms with Crippen LogP contribution in [0, 0.1) is 0 Å². The highest BCUT2D eigenvalue weighted by Crippen LogP contribution is 2.10. The van der Waals surface area contributed by atoms with Gasteiger partial charge in [0.25, 0.3) is 0 Å². The number of hydrogen-bond donors (Lipinski definition) is 3. The molecule has 1 unspecified atom stereocenters. The summed E-state index contributed by atoms with van der Waals surface area (Å²) in [6, 6.07) is -0.0849. The van der Waals surface area contributed by atoms with Crippen LogP contribution >= 0.6 is 0 Å². The van der Waals surface area contributed by atoms with E-state index >= 15 is 0 Å². The average molecular weight is 214 g/mol. The van der Waals surface area contributed by atoms with Crippen LogP contribution in [0.5, 0.6) is 0 Å². The van der Waals surface area contributed by atoms with E-state index in [0.717, 1.165) is 25.8 Å². The quantitative estimate of drug-likeness (QED) is 0.637. The summed E-state index contributed by atoms with van der Waals surface area (Å²) in [5.74, 6) is 0.0101. The number of amides is 1. The summed E-state index contributed by atoms with van der Waals surface area (Å²) < 4.78 is 0. The second kappa shape index (κ2) is 5.47. The fourth-order valence-electron chi connectivity index (χ4n) is 1.71. The van der Waals surface area contributed by atoms with Gasteiger partial charge in [-0.25, -0.2) is 0 Å². The molecule has 3 N–H and O–H groups in total. The first-order valence-electron chi connectivity index (χ1n) is 5.71. The van der Waals surface area contributed by atoms with E-state index in [1.807, 2.05) is 13.8 Å². The van der Waals surface area contributed by atoms with Gasteiger partial charge in [0.05, 0.1) is 18.2 Å². The van der Waals surface area contributed by atoms with Crippen molar-refractivity contribution in [2.45, 2.75) is 51.1 Å². The Bertz CT molecular complexity index is 209. The zero-order chi connectivity index (χ0) is 11.3. The standard InChI is InChI=1S/C11H22N2O2/c1-11(2,8-14)13-10(15)9-6-4-3-5-7-12-9/h9,12,14H,3-8H2,1-2H3,(H,13,15). The van der Waals surface area contributed by atoms with Crippen molar-refractivity contribution in [3.8, 4) is 0 Å². The van der Waals surface area contributed by atoms with Crippen LogP contribution in [0.1, 0.15) is 39.5 Å². The van der Waals surface area contributed by atoms with Crippen LogP contribution in [0.4, 0.5) is 0 Å². The van der Waals surface area contributed by atoms with Gasteiger partial charge in [-0.1, -0.05) is 12.8 Å². The average Bonchev–Trinajstić information content (AvgIpc) is 2.45. The van der Waals surface area contributed by atoms with Crippen LogP contribution in [0.25, 0.3) is 0 Å². The summed E-state index contributed by atoms with van der Waals surface area (Å²) in [7, 11) is 0. The molecule has 0 bridgehead atoms. The van der Waals surface area contributed by atoms with E-state index in [0.29, 0.717) is 0 Å². The molecule has 0 radical (unpaired) electrons. The summed E-state index contributed by atoms with van der Waals surface area (Å²) >= 11 is 0. The molecule has 0 saturated carbocycles. The molecule has 88 valence electrons. The van der Waals surface area contributed by atoms with Crippen molar-refractivity contribution in [2.75, 3.05) is 13.2 Å². The molecule has 1 fully saturated rings. The molecule has 1 aliphatic heterocycles. The topological polar surface area (TPSA) is 61.4 Å². The summed E-state index contributed by atoms with van der Waals surface area (Å²) in [4.78, 5) is 11.8. The molecule has 1 heterocycles. The molecule has 0 spiro atoms. The molecule has 0 aromatic carbocycles. The minimum Gasteiger partial charge on any atom is -0.394 e. The summed E-state index contributed by atoms with van der Waals surface area (Å²) in [5.41, 5.74) is -0.523. The van der Waals surface area contributed by atoms with Crippen molar-refractivity contribution in [3.05, 3.63) is 0 Å². The lowest BCUT2D eigenvalue weighted by Crippen LogP contribution is -2.53. The Morgan fingerprint density at radius 2 is 2.20 bits per heavy atom. The van der Waals surface area contributed by atoms with E-state index in [4.69, 9.17) is 5.11 Å². The van der Waals surface area contributed by atoms with Crippen molar-refractivity contribution in [1.82, 2.24) is 10.6 Å². The SMILES string of the molecule is CC(C)(CO)NC(=O)C1CCCCCN1. The Hall–Kier alpha value is -0.610. The predicted octanol–water partition coefficient (Wildman–Crippen LogP) is 0.406. The molecule has 1 atom stereocenters. The maximum absolute atomic E-state index is 11.8. The van der Waals surface area contributed by atoms with Crippen LogP contribution in [-0.4, -0.2) is 35.7 Å². The van der Waals surface area contributed by atoms with E-state index in [1.54, 1.807) is 0 Å². The number of carbonyl (C=O) groups is 1. The van der Waals surface area contributed by atoms with Crippen LogP contribution in [0.2, 0.25) is 0 Å². The normalized spacial score (nSPS) is 23.3. The predicted molar refractivity (Wildman–Crippen MR) is 59.6 cm³/mol. The lowest BCUT2D eigenvalue weighted by molar-refractivity contribution is -0.125. The first-order valence-corrected chi connectivity index (χ1v) is 5.71. The first kappa shape index (κ1) is 12.5. The molecule has 1 rings (SSSR count). The van der Waals surface area contributed by atoms with Gasteiger partial charge in [-0.3, -0.25) is 4.79 Å². The van der Waals surface area contributed by atoms with Crippen LogP contribution in [0.15, 0.2) is 0 Å². The summed E-state index contributed by atoms with van der Waals surface area (Å²) in [6.45, 7) is 4.52. The smallest absolute Gasteiger partial charge is 0.237 e. The second-order valence-electron chi connectivity index (χ2n) is 4.89. The zero-order valence-corrected chi connectivity index (χ0v) is 9.68. The maximum atomic E-state index is 11.8. The van der Waals surface area contributed by atoms with E-state index in [9.17, 15) is 4.79 Å². The van der Waals surface area contributed by atoms with E-state index in [1.165, 1.54) is 6.42 Å². The van der Waals surface area contributed by atoms with Crippen molar-refractivity contribution in [3.63, 3.8) is 0 Å². The highest BCUT2D eigenvalue weighted by Gasteiger charge is 2.25. The van der Waals surface area contributed by atoms with Crippen molar-refractivity contribution in [2.24, 2.45) is 0 Å². The number of rotatable bonds is 3. The summed E-state index contributed by atoms with van der Waals surface area (Å²) in [5, 5.41) is 15.1. The largest absolute Gasteiger partial charge is 0.394 e. The van der Waals surface area contributed by atoms with Crippen LogP contribution in [0.3, 0.4) is 0 Å². The van der Waals surface area contributed by atoms with Gasteiger partial charge in [-0.15, -0.1) is 0 Å². The van der Waals surface area contributed by atoms with E-state index < -0.39 is 5.54 Å². The lowest BCUT2D eigenvalue weighted by atomic mass is 10.0.